The van der Waals surface area contributed by atoms with Crippen LogP contribution in [0.25, 0.3) is 0 Å². The van der Waals surface area contributed by atoms with Crippen molar-refractivity contribution in [2.45, 2.75) is 134 Å². The van der Waals surface area contributed by atoms with Crippen LogP contribution < -0.4 is 0 Å². The Labute approximate surface area is 193 Å². The first-order chi connectivity index (χ1) is 14.9. The number of sulfone groups is 1. The first-order valence-corrected chi connectivity index (χ1v) is 14.4. The summed E-state index contributed by atoms with van der Waals surface area (Å²) in [5.41, 5.74) is 0. The molecule has 5 nitrogen and oxygen atoms in total. The topological polar surface area (TPSA) is 61.8 Å². The molecule has 0 N–H and O–H groups in total. The standard InChI is InChI=1S/C25H52O5S/c1-7-10-12-14-16-17-19-21-23-24(31(26,27)9-3,25(28-4,29-5)30-6)22-20-18-15-13-11-8-2/h7-23H2,1-6H3. The van der Waals surface area contributed by atoms with Crippen LogP contribution in [0.4, 0.5) is 0 Å². The van der Waals surface area contributed by atoms with Crippen LogP contribution in [-0.2, 0) is 24.0 Å². The van der Waals surface area contributed by atoms with E-state index in [2.05, 4.69) is 13.8 Å². The molecule has 0 aliphatic rings. The van der Waals surface area contributed by atoms with E-state index in [1.165, 1.54) is 72.7 Å². The molecule has 0 heterocycles. The molecule has 188 valence electrons. The SMILES string of the molecule is CCCCCCCCCCC(CCCCCCCC)(C(OC)(OC)OC)S(=O)(=O)CC. The molecule has 0 radical (unpaired) electrons. The van der Waals surface area contributed by atoms with Crippen LogP contribution in [0.1, 0.15) is 124 Å². The molecule has 1 unspecified atom stereocenters. The van der Waals surface area contributed by atoms with Gasteiger partial charge in [-0.25, -0.2) is 8.42 Å². The van der Waals surface area contributed by atoms with Gasteiger partial charge in [0.2, 0.25) is 0 Å². The molecule has 1 atom stereocenters. The minimum absolute atomic E-state index is 0.0533. The Kier molecular flexibility index (Phi) is 17.2. The van der Waals surface area contributed by atoms with Crippen LogP contribution in [0.3, 0.4) is 0 Å². The van der Waals surface area contributed by atoms with E-state index >= 15 is 0 Å². The Morgan fingerprint density at radius 2 is 0.871 bits per heavy atom. The molecule has 0 saturated heterocycles. The lowest BCUT2D eigenvalue weighted by atomic mass is 9.90. The van der Waals surface area contributed by atoms with Gasteiger partial charge < -0.3 is 14.2 Å². The molecule has 0 aliphatic carbocycles. The van der Waals surface area contributed by atoms with E-state index in [9.17, 15) is 8.42 Å². The molecule has 0 aromatic rings. The summed E-state index contributed by atoms with van der Waals surface area (Å²) in [4.78, 5) is 0. The van der Waals surface area contributed by atoms with Crippen LogP contribution in [0, 0.1) is 0 Å². The average molecular weight is 465 g/mol. The van der Waals surface area contributed by atoms with E-state index in [1.54, 1.807) is 6.92 Å². The molecule has 0 spiro atoms. The lowest BCUT2D eigenvalue weighted by Gasteiger charge is -2.46. The number of unbranched alkanes of at least 4 members (excludes halogenated alkanes) is 12. The van der Waals surface area contributed by atoms with E-state index < -0.39 is 20.6 Å². The van der Waals surface area contributed by atoms with Gasteiger partial charge in [-0.3, -0.25) is 0 Å². The fourth-order valence-electron chi connectivity index (χ4n) is 4.75. The zero-order valence-corrected chi connectivity index (χ0v) is 22.3. The van der Waals surface area contributed by atoms with Gasteiger partial charge in [-0.1, -0.05) is 111 Å². The predicted molar refractivity (Wildman–Crippen MR) is 131 cm³/mol. The third-order valence-electron chi connectivity index (χ3n) is 6.71. The van der Waals surface area contributed by atoms with Crippen LogP contribution >= 0.6 is 0 Å². The fourth-order valence-corrected chi connectivity index (χ4v) is 6.85. The molecular weight excluding hydrogens is 412 g/mol. The summed E-state index contributed by atoms with van der Waals surface area (Å²) in [7, 11) is 0.971. The van der Waals surface area contributed by atoms with Crippen LogP contribution in [0.15, 0.2) is 0 Å². The number of rotatable bonds is 22. The van der Waals surface area contributed by atoms with Gasteiger partial charge in [-0.2, -0.15) is 0 Å². The summed E-state index contributed by atoms with van der Waals surface area (Å²) in [5.74, 6) is -1.52. The van der Waals surface area contributed by atoms with Gasteiger partial charge in [0.1, 0.15) is 0 Å². The van der Waals surface area contributed by atoms with E-state index in [4.69, 9.17) is 14.2 Å². The van der Waals surface area contributed by atoms with Gasteiger partial charge in [0.05, 0.1) is 0 Å². The van der Waals surface area contributed by atoms with Gasteiger partial charge >= 0.3 is 5.97 Å². The monoisotopic (exact) mass is 464 g/mol. The molecule has 31 heavy (non-hydrogen) atoms. The zero-order chi connectivity index (χ0) is 23.6. The number of hydrogen-bond donors (Lipinski definition) is 0. The first kappa shape index (κ1) is 30.8. The molecule has 0 amide bonds. The second kappa shape index (κ2) is 17.3. The molecule has 0 bridgehead atoms. The van der Waals surface area contributed by atoms with Gasteiger partial charge in [-0.05, 0) is 12.8 Å². The minimum Gasteiger partial charge on any atom is -0.330 e. The van der Waals surface area contributed by atoms with E-state index in [0.717, 1.165) is 38.5 Å². The average Bonchev–Trinajstić information content (AvgIpc) is 2.78. The Bertz CT molecular complexity index is 508. The Morgan fingerprint density at radius 3 is 1.16 bits per heavy atom. The van der Waals surface area contributed by atoms with Crippen LogP contribution in [0.5, 0.6) is 0 Å². The van der Waals surface area contributed by atoms with Crippen molar-refractivity contribution in [2.75, 3.05) is 27.1 Å². The summed E-state index contributed by atoms with van der Waals surface area (Å²) < 4.78 is 42.9. The van der Waals surface area contributed by atoms with Crippen molar-refractivity contribution >= 4 is 9.84 Å². The van der Waals surface area contributed by atoms with E-state index in [1.807, 2.05) is 0 Å². The Balaban J connectivity index is 5.37. The van der Waals surface area contributed by atoms with Crippen molar-refractivity contribution < 1.29 is 22.6 Å². The lowest BCUT2D eigenvalue weighted by molar-refractivity contribution is -0.371. The van der Waals surface area contributed by atoms with Crippen LogP contribution in [0.2, 0.25) is 0 Å². The van der Waals surface area contributed by atoms with Crippen molar-refractivity contribution in [3.8, 4) is 0 Å². The zero-order valence-electron chi connectivity index (χ0n) is 21.5. The highest BCUT2D eigenvalue weighted by Gasteiger charge is 2.61. The molecule has 0 aromatic carbocycles. The summed E-state index contributed by atoms with van der Waals surface area (Å²) in [6.07, 6.45) is 17.0. The molecule has 0 aromatic heterocycles. The molecule has 0 fully saturated rings. The minimum atomic E-state index is -3.49. The second-order valence-corrected chi connectivity index (χ2v) is 11.4. The highest BCUT2D eigenvalue weighted by Crippen LogP contribution is 2.44. The van der Waals surface area contributed by atoms with Gasteiger partial charge in [0.25, 0.3) is 0 Å². The third-order valence-corrected chi connectivity index (χ3v) is 9.32. The molecule has 0 saturated carbocycles. The Hall–Kier alpha value is -0.170. The summed E-state index contributed by atoms with van der Waals surface area (Å²) in [5, 5.41) is 0. The number of ether oxygens (including phenoxy) is 3. The van der Waals surface area contributed by atoms with Crippen molar-refractivity contribution in [3.63, 3.8) is 0 Å². The molecule has 6 heteroatoms. The summed E-state index contributed by atoms with van der Waals surface area (Å²) in [6, 6.07) is 0. The highest BCUT2D eigenvalue weighted by molar-refractivity contribution is 7.92. The Morgan fingerprint density at radius 1 is 0.548 bits per heavy atom. The predicted octanol–water partition coefficient (Wildman–Crippen LogP) is 7.03. The smallest absolute Gasteiger partial charge is 0.302 e. The second-order valence-electron chi connectivity index (χ2n) is 8.81. The maximum absolute atomic E-state index is 13.5. The molecule has 0 rings (SSSR count). The van der Waals surface area contributed by atoms with Crippen molar-refractivity contribution in [3.05, 3.63) is 0 Å². The molecule has 0 aliphatic heterocycles. The van der Waals surface area contributed by atoms with Crippen molar-refractivity contribution in [1.82, 2.24) is 0 Å². The lowest BCUT2D eigenvalue weighted by Crippen LogP contribution is -2.62. The summed E-state index contributed by atoms with van der Waals surface area (Å²) >= 11 is 0. The normalized spacial score (nSPS) is 14.6. The third kappa shape index (κ3) is 9.30. The van der Waals surface area contributed by atoms with E-state index in [-0.39, 0.29) is 5.75 Å². The van der Waals surface area contributed by atoms with Crippen molar-refractivity contribution in [1.29, 1.82) is 0 Å². The maximum atomic E-state index is 13.5. The van der Waals surface area contributed by atoms with Gasteiger partial charge in [0, 0.05) is 27.1 Å². The van der Waals surface area contributed by atoms with Crippen LogP contribution in [-0.4, -0.2) is 46.2 Å². The van der Waals surface area contributed by atoms with Crippen molar-refractivity contribution in [2.24, 2.45) is 0 Å². The quantitative estimate of drug-likeness (QED) is 0.127. The number of hydrogen-bond acceptors (Lipinski definition) is 5. The van der Waals surface area contributed by atoms with Gasteiger partial charge in [-0.15, -0.1) is 0 Å². The number of methoxy groups -OCH3 is 3. The largest absolute Gasteiger partial charge is 0.330 e. The maximum Gasteiger partial charge on any atom is 0.302 e. The highest BCUT2D eigenvalue weighted by atomic mass is 32.2. The van der Waals surface area contributed by atoms with E-state index in [0.29, 0.717) is 12.8 Å². The first-order valence-electron chi connectivity index (χ1n) is 12.7. The van der Waals surface area contributed by atoms with Gasteiger partial charge in [0.15, 0.2) is 14.6 Å². The fraction of sp³-hybridized carbons (Fsp3) is 1.00. The molecular formula is C25H52O5S. The summed E-state index contributed by atoms with van der Waals surface area (Å²) in [6.45, 7) is 6.14.